The van der Waals surface area contributed by atoms with Gasteiger partial charge in [-0.05, 0) is 6.42 Å². The van der Waals surface area contributed by atoms with Crippen LogP contribution in [0.15, 0.2) is 36.0 Å². The van der Waals surface area contributed by atoms with Gasteiger partial charge in [0.25, 0.3) is 0 Å². The van der Waals surface area contributed by atoms with Gasteiger partial charge < -0.3 is 10.4 Å². The SMILES string of the molecule is CCC(O)CNC1=CC(=O)c2ccccc2C1=O. The van der Waals surface area contributed by atoms with Gasteiger partial charge in [0, 0.05) is 23.7 Å². The van der Waals surface area contributed by atoms with E-state index < -0.39 is 6.10 Å². The Labute approximate surface area is 105 Å². The fraction of sp³-hybridized carbons (Fsp3) is 0.286. The van der Waals surface area contributed by atoms with Crippen LogP contribution in [0.1, 0.15) is 34.1 Å². The number of fused-ring (bicyclic) bond motifs is 1. The minimum Gasteiger partial charge on any atom is -0.391 e. The number of hydrogen-bond donors (Lipinski definition) is 2. The summed E-state index contributed by atoms with van der Waals surface area (Å²) in [5.41, 5.74) is 1.11. The average Bonchev–Trinajstić information content (AvgIpc) is 2.41. The monoisotopic (exact) mass is 245 g/mol. The predicted octanol–water partition coefficient (Wildman–Crippen LogP) is 1.31. The van der Waals surface area contributed by atoms with Gasteiger partial charge in [-0.25, -0.2) is 0 Å². The molecule has 0 radical (unpaired) electrons. The molecule has 1 aromatic carbocycles. The second kappa shape index (κ2) is 5.14. The Kier molecular flexibility index (Phi) is 3.58. The normalized spacial score (nSPS) is 16.0. The van der Waals surface area contributed by atoms with Crippen LogP contribution >= 0.6 is 0 Å². The summed E-state index contributed by atoms with van der Waals surface area (Å²) in [6.45, 7) is 2.12. The van der Waals surface area contributed by atoms with E-state index in [1.807, 2.05) is 6.92 Å². The van der Waals surface area contributed by atoms with Crippen molar-refractivity contribution in [1.82, 2.24) is 5.32 Å². The molecule has 0 heterocycles. The van der Waals surface area contributed by atoms with Crippen LogP contribution in [0.4, 0.5) is 0 Å². The minimum absolute atomic E-state index is 0.182. The van der Waals surface area contributed by atoms with E-state index in [2.05, 4.69) is 5.32 Å². The first-order chi connectivity index (χ1) is 8.63. The van der Waals surface area contributed by atoms with E-state index in [9.17, 15) is 14.7 Å². The Morgan fingerprint density at radius 3 is 2.56 bits per heavy atom. The molecule has 4 heteroatoms. The number of carbonyl (C=O) groups is 2. The lowest BCUT2D eigenvalue weighted by atomic mass is 9.93. The Morgan fingerprint density at radius 1 is 1.22 bits per heavy atom. The number of allylic oxidation sites excluding steroid dienone is 2. The van der Waals surface area contributed by atoms with Crippen molar-refractivity contribution in [2.75, 3.05) is 6.54 Å². The first-order valence-corrected chi connectivity index (χ1v) is 5.95. The first kappa shape index (κ1) is 12.5. The topological polar surface area (TPSA) is 66.4 Å². The summed E-state index contributed by atoms with van der Waals surface area (Å²) in [7, 11) is 0. The van der Waals surface area contributed by atoms with Gasteiger partial charge in [0.2, 0.25) is 5.78 Å². The van der Waals surface area contributed by atoms with Crippen LogP contribution in [0.3, 0.4) is 0 Å². The van der Waals surface area contributed by atoms with E-state index in [4.69, 9.17) is 0 Å². The van der Waals surface area contributed by atoms with Gasteiger partial charge in [-0.15, -0.1) is 0 Å². The van der Waals surface area contributed by atoms with Crippen LogP contribution in [-0.2, 0) is 0 Å². The molecule has 1 aromatic rings. The number of benzene rings is 1. The molecule has 1 aliphatic rings. The number of Topliss-reactive ketones (excluding diaryl/α,β-unsaturated/α-hetero) is 1. The van der Waals surface area contributed by atoms with E-state index >= 15 is 0 Å². The van der Waals surface area contributed by atoms with Crippen LogP contribution < -0.4 is 5.32 Å². The molecule has 0 bridgehead atoms. The summed E-state index contributed by atoms with van der Waals surface area (Å²) in [5, 5.41) is 12.3. The zero-order valence-corrected chi connectivity index (χ0v) is 10.1. The standard InChI is InChI=1S/C14H15NO3/c1-2-9(16)8-15-12-7-13(17)10-5-3-4-6-11(10)14(12)18/h3-7,9,15-16H,2,8H2,1H3. The average molecular weight is 245 g/mol. The van der Waals surface area contributed by atoms with Crippen molar-refractivity contribution < 1.29 is 14.7 Å². The maximum Gasteiger partial charge on any atom is 0.209 e. The quantitative estimate of drug-likeness (QED) is 0.839. The van der Waals surface area contributed by atoms with Gasteiger partial charge in [-0.2, -0.15) is 0 Å². The lowest BCUT2D eigenvalue weighted by molar-refractivity contribution is 0.0973. The molecule has 2 N–H and O–H groups in total. The Bertz CT molecular complexity index is 520. The summed E-state index contributed by atoms with van der Waals surface area (Å²) in [4.78, 5) is 23.9. The highest BCUT2D eigenvalue weighted by molar-refractivity contribution is 6.24. The van der Waals surface area contributed by atoms with Crippen molar-refractivity contribution >= 4 is 11.6 Å². The van der Waals surface area contributed by atoms with Gasteiger partial charge in [0.05, 0.1) is 11.8 Å². The van der Waals surface area contributed by atoms with Crippen LogP contribution in [0.2, 0.25) is 0 Å². The zero-order valence-electron chi connectivity index (χ0n) is 10.1. The highest BCUT2D eigenvalue weighted by atomic mass is 16.3. The number of hydrogen-bond acceptors (Lipinski definition) is 4. The number of ketones is 2. The molecule has 1 aliphatic carbocycles. The smallest absolute Gasteiger partial charge is 0.209 e. The van der Waals surface area contributed by atoms with Gasteiger partial charge in [-0.3, -0.25) is 9.59 Å². The van der Waals surface area contributed by atoms with Crippen molar-refractivity contribution in [3.63, 3.8) is 0 Å². The number of nitrogens with one attached hydrogen (secondary N) is 1. The second-order valence-electron chi connectivity index (χ2n) is 4.24. The predicted molar refractivity (Wildman–Crippen MR) is 67.5 cm³/mol. The first-order valence-electron chi connectivity index (χ1n) is 5.95. The summed E-state index contributed by atoms with van der Waals surface area (Å²) in [6, 6.07) is 6.75. The molecule has 0 saturated carbocycles. The second-order valence-corrected chi connectivity index (χ2v) is 4.24. The van der Waals surface area contributed by atoms with Crippen LogP contribution in [0.5, 0.6) is 0 Å². The molecule has 0 fully saturated rings. The van der Waals surface area contributed by atoms with Crippen molar-refractivity contribution in [3.8, 4) is 0 Å². The number of aliphatic hydroxyl groups is 1. The molecular formula is C14H15NO3. The summed E-state index contributed by atoms with van der Waals surface area (Å²) in [5.74, 6) is -0.382. The Morgan fingerprint density at radius 2 is 1.89 bits per heavy atom. The third-order valence-corrected chi connectivity index (χ3v) is 2.96. The van der Waals surface area contributed by atoms with Crippen LogP contribution in [-0.4, -0.2) is 29.3 Å². The molecule has 2 rings (SSSR count). The van der Waals surface area contributed by atoms with Gasteiger partial charge >= 0.3 is 0 Å². The highest BCUT2D eigenvalue weighted by Crippen LogP contribution is 2.19. The molecule has 4 nitrogen and oxygen atoms in total. The maximum absolute atomic E-state index is 12.1. The lowest BCUT2D eigenvalue weighted by Crippen LogP contribution is -2.32. The van der Waals surface area contributed by atoms with E-state index in [1.165, 1.54) is 6.08 Å². The number of carbonyl (C=O) groups excluding carboxylic acids is 2. The van der Waals surface area contributed by atoms with Gasteiger partial charge in [-0.1, -0.05) is 31.2 Å². The molecule has 1 atom stereocenters. The highest BCUT2D eigenvalue weighted by Gasteiger charge is 2.24. The fourth-order valence-electron chi connectivity index (χ4n) is 1.82. The number of aliphatic hydroxyl groups excluding tert-OH is 1. The minimum atomic E-state index is -0.522. The van der Waals surface area contributed by atoms with Crippen LogP contribution in [0, 0.1) is 0 Å². The molecule has 0 amide bonds. The van der Waals surface area contributed by atoms with E-state index in [1.54, 1.807) is 24.3 Å². The maximum atomic E-state index is 12.1. The lowest BCUT2D eigenvalue weighted by Gasteiger charge is -2.17. The van der Waals surface area contributed by atoms with Crippen LogP contribution in [0.25, 0.3) is 0 Å². The molecule has 0 aliphatic heterocycles. The zero-order chi connectivity index (χ0) is 13.1. The molecular weight excluding hydrogens is 230 g/mol. The number of rotatable bonds is 4. The molecule has 0 aromatic heterocycles. The van der Waals surface area contributed by atoms with Gasteiger partial charge in [0.1, 0.15) is 0 Å². The summed E-state index contributed by atoms with van der Waals surface area (Å²) < 4.78 is 0. The van der Waals surface area contributed by atoms with E-state index in [0.29, 0.717) is 17.5 Å². The summed E-state index contributed by atoms with van der Waals surface area (Å²) >= 11 is 0. The molecule has 94 valence electrons. The van der Waals surface area contributed by atoms with Crippen molar-refractivity contribution in [1.29, 1.82) is 0 Å². The molecule has 0 saturated heterocycles. The third-order valence-electron chi connectivity index (χ3n) is 2.96. The van der Waals surface area contributed by atoms with E-state index in [-0.39, 0.29) is 23.8 Å². The summed E-state index contributed by atoms with van der Waals surface area (Å²) in [6.07, 6.45) is 1.37. The van der Waals surface area contributed by atoms with Gasteiger partial charge in [0.15, 0.2) is 5.78 Å². The fourth-order valence-corrected chi connectivity index (χ4v) is 1.82. The van der Waals surface area contributed by atoms with E-state index in [0.717, 1.165) is 0 Å². The third kappa shape index (κ3) is 2.33. The Balaban J connectivity index is 2.21. The molecule has 1 unspecified atom stereocenters. The largest absolute Gasteiger partial charge is 0.391 e. The molecule has 0 spiro atoms. The van der Waals surface area contributed by atoms with Crippen molar-refractivity contribution in [2.45, 2.75) is 19.4 Å². The van der Waals surface area contributed by atoms with Crippen molar-refractivity contribution in [2.24, 2.45) is 0 Å². The Hall–Kier alpha value is -1.94. The van der Waals surface area contributed by atoms with Crippen molar-refractivity contribution in [3.05, 3.63) is 47.2 Å². The molecule has 18 heavy (non-hydrogen) atoms.